The highest BCUT2D eigenvalue weighted by Gasteiger charge is 2.20. The van der Waals surface area contributed by atoms with Crippen molar-refractivity contribution in [3.05, 3.63) is 194 Å². The van der Waals surface area contributed by atoms with Gasteiger partial charge in [-0.05, 0) is 70.8 Å². The minimum atomic E-state index is 0.623. The van der Waals surface area contributed by atoms with Crippen molar-refractivity contribution in [1.82, 2.24) is 19.5 Å². The van der Waals surface area contributed by atoms with Crippen LogP contribution in [0.15, 0.2) is 199 Å². The van der Waals surface area contributed by atoms with Crippen molar-refractivity contribution >= 4 is 43.7 Å². The van der Waals surface area contributed by atoms with Gasteiger partial charge in [0.05, 0.1) is 16.4 Å². The summed E-state index contributed by atoms with van der Waals surface area (Å²) < 4.78 is 8.88. The molecule has 0 radical (unpaired) electrons. The van der Waals surface area contributed by atoms with Crippen LogP contribution in [0.25, 0.3) is 106 Å². The zero-order valence-electron chi connectivity index (χ0n) is 30.2. The Balaban J connectivity index is 1.03. The van der Waals surface area contributed by atoms with Crippen LogP contribution in [0.4, 0.5) is 0 Å². The molecular weight excluding hydrogens is 685 g/mol. The van der Waals surface area contributed by atoms with E-state index in [-0.39, 0.29) is 0 Å². The smallest absolute Gasteiger partial charge is 0.164 e. The van der Waals surface area contributed by atoms with Crippen molar-refractivity contribution in [3.63, 3.8) is 0 Å². The van der Waals surface area contributed by atoms with Crippen LogP contribution in [-0.4, -0.2) is 19.5 Å². The number of aromatic nitrogens is 4. The third-order valence-corrected chi connectivity index (χ3v) is 10.7. The van der Waals surface area contributed by atoms with E-state index >= 15 is 0 Å². The van der Waals surface area contributed by atoms with Gasteiger partial charge in [0.25, 0.3) is 0 Å². The first-order chi connectivity index (χ1) is 27.7. The highest BCUT2D eigenvalue weighted by molar-refractivity contribution is 6.24. The Hall–Kier alpha value is -7.63. The predicted molar refractivity (Wildman–Crippen MR) is 229 cm³/mol. The number of benzene rings is 8. The fourth-order valence-corrected chi connectivity index (χ4v) is 7.97. The second-order valence-electron chi connectivity index (χ2n) is 14.0. The van der Waals surface area contributed by atoms with Gasteiger partial charge in [-0.2, -0.15) is 0 Å². The van der Waals surface area contributed by atoms with E-state index in [0.29, 0.717) is 17.5 Å². The molecule has 0 amide bonds. The molecule has 5 nitrogen and oxygen atoms in total. The lowest BCUT2D eigenvalue weighted by molar-refractivity contribution is 0.669. The molecular formula is C51H32N4O. The summed E-state index contributed by atoms with van der Waals surface area (Å²) in [7, 11) is 0. The van der Waals surface area contributed by atoms with E-state index in [1.807, 2.05) is 36.4 Å². The lowest BCUT2D eigenvalue weighted by atomic mass is 10.0. The highest BCUT2D eigenvalue weighted by atomic mass is 16.3. The van der Waals surface area contributed by atoms with Crippen LogP contribution < -0.4 is 0 Å². The van der Waals surface area contributed by atoms with Crippen molar-refractivity contribution in [2.75, 3.05) is 0 Å². The molecule has 3 heterocycles. The van der Waals surface area contributed by atoms with E-state index in [1.54, 1.807) is 0 Å². The second-order valence-corrected chi connectivity index (χ2v) is 14.0. The molecule has 0 N–H and O–H groups in total. The molecule has 11 aromatic rings. The standard InChI is InChI=1S/C51H32N4O/c1-4-13-33(14-5-1)37-17-12-18-39(31-37)51-53-49(35-15-6-2-7-16-35)52-50(54-51)36-25-23-34(24-26-36)38-27-29-45-43(32-38)47-46(56-45)30-28-42-41-21-10-11-22-44(41)55(48(42)47)40-19-8-3-9-20-40/h1-32H. The van der Waals surface area contributed by atoms with Gasteiger partial charge in [-0.1, -0.05) is 146 Å². The molecule has 0 saturated heterocycles. The fourth-order valence-electron chi connectivity index (χ4n) is 7.97. The molecule has 262 valence electrons. The SMILES string of the molecule is c1ccc(-c2cccc(-c3nc(-c4ccccc4)nc(-c4ccc(-c5ccc6oc7ccc8c9ccccc9n(-c9ccccc9)c8c7c6c5)cc4)n3)c2)cc1. The monoisotopic (exact) mass is 716 g/mol. The summed E-state index contributed by atoms with van der Waals surface area (Å²) in [6, 6.07) is 67.4. The fraction of sp³-hybridized carbons (Fsp3) is 0. The van der Waals surface area contributed by atoms with E-state index < -0.39 is 0 Å². The van der Waals surface area contributed by atoms with Crippen LogP contribution >= 0.6 is 0 Å². The molecule has 0 bridgehead atoms. The van der Waals surface area contributed by atoms with E-state index in [1.165, 1.54) is 16.3 Å². The summed E-state index contributed by atoms with van der Waals surface area (Å²) >= 11 is 0. The number of hydrogen-bond donors (Lipinski definition) is 0. The summed E-state index contributed by atoms with van der Waals surface area (Å²) in [4.78, 5) is 15.0. The number of nitrogens with zero attached hydrogens (tertiary/aromatic N) is 4. The lowest BCUT2D eigenvalue weighted by Gasteiger charge is -2.10. The van der Waals surface area contributed by atoms with Crippen molar-refractivity contribution in [2.45, 2.75) is 0 Å². The Morgan fingerprint density at radius 1 is 0.339 bits per heavy atom. The third kappa shape index (κ3) is 5.37. The first-order valence-corrected chi connectivity index (χ1v) is 18.8. The van der Waals surface area contributed by atoms with Gasteiger partial charge in [0.2, 0.25) is 0 Å². The summed E-state index contributed by atoms with van der Waals surface area (Å²) in [6.07, 6.45) is 0. The molecule has 56 heavy (non-hydrogen) atoms. The Bertz CT molecular complexity index is 3220. The average molecular weight is 717 g/mol. The van der Waals surface area contributed by atoms with Gasteiger partial charge in [0, 0.05) is 38.5 Å². The van der Waals surface area contributed by atoms with Crippen LogP contribution in [0.5, 0.6) is 0 Å². The Kier molecular flexibility index (Phi) is 7.42. The van der Waals surface area contributed by atoms with Crippen LogP contribution in [0.3, 0.4) is 0 Å². The van der Waals surface area contributed by atoms with E-state index in [9.17, 15) is 0 Å². The van der Waals surface area contributed by atoms with Crippen molar-refractivity contribution in [1.29, 1.82) is 0 Å². The normalized spacial score (nSPS) is 11.6. The van der Waals surface area contributed by atoms with Gasteiger partial charge < -0.3 is 8.98 Å². The maximum Gasteiger partial charge on any atom is 0.164 e. The largest absolute Gasteiger partial charge is 0.456 e. The molecule has 0 fully saturated rings. The molecule has 8 aromatic carbocycles. The molecule has 0 aliphatic heterocycles. The third-order valence-electron chi connectivity index (χ3n) is 10.7. The lowest BCUT2D eigenvalue weighted by Crippen LogP contribution is -2.00. The molecule has 0 atom stereocenters. The second kappa shape index (κ2) is 13.0. The van der Waals surface area contributed by atoms with Gasteiger partial charge in [-0.3, -0.25) is 0 Å². The van der Waals surface area contributed by atoms with Gasteiger partial charge in [0.1, 0.15) is 11.2 Å². The summed E-state index contributed by atoms with van der Waals surface area (Å²) in [6.45, 7) is 0. The van der Waals surface area contributed by atoms with Crippen LogP contribution in [0.1, 0.15) is 0 Å². The van der Waals surface area contributed by atoms with Crippen molar-refractivity contribution in [3.8, 4) is 62.1 Å². The molecule has 5 heteroatoms. The van der Waals surface area contributed by atoms with E-state index in [4.69, 9.17) is 19.4 Å². The number of rotatable bonds is 6. The Labute approximate surface area is 322 Å². The summed E-state index contributed by atoms with van der Waals surface area (Å²) in [5, 5.41) is 4.61. The predicted octanol–water partition coefficient (Wildman–Crippen LogP) is 13.2. The number of para-hydroxylation sites is 2. The van der Waals surface area contributed by atoms with Crippen molar-refractivity contribution < 1.29 is 4.42 Å². The zero-order valence-corrected chi connectivity index (χ0v) is 30.2. The number of furan rings is 1. The van der Waals surface area contributed by atoms with Gasteiger partial charge >= 0.3 is 0 Å². The van der Waals surface area contributed by atoms with Gasteiger partial charge in [-0.25, -0.2) is 15.0 Å². The molecule has 3 aromatic heterocycles. The number of hydrogen-bond acceptors (Lipinski definition) is 4. The summed E-state index contributed by atoms with van der Waals surface area (Å²) in [5.74, 6) is 1.89. The van der Waals surface area contributed by atoms with Crippen LogP contribution in [-0.2, 0) is 0 Å². The van der Waals surface area contributed by atoms with Gasteiger partial charge in [-0.15, -0.1) is 0 Å². The van der Waals surface area contributed by atoms with Crippen LogP contribution in [0, 0.1) is 0 Å². The Morgan fingerprint density at radius 2 is 0.857 bits per heavy atom. The first-order valence-electron chi connectivity index (χ1n) is 18.8. The quantitative estimate of drug-likeness (QED) is 0.172. The topological polar surface area (TPSA) is 56.7 Å². The minimum absolute atomic E-state index is 0.623. The minimum Gasteiger partial charge on any atom is -0.456 e. The molecule has 0 spiro atoms. The molecule has 0 unspecified atom stereocenters. The van der Waals surface area contributed by atoms with Crippen molar-refractivity contribution in [2.24, 2.45) is 0 Å². The first kappa shape index (κ1) is 31.9. The summed E-state index contributed by atoms with van der Waals surface area (Å²) in [5.41, 5.74) is 12.4. The average Bonchev–Trinajstić information content (AvgIpc) is 3.83. The molecule has 0 aliphatic rings. The van der Waals surface area contributed by atoms with Gasteiger partial charge in [0.15, 0.2) is 17.5 Å². The maximum atomic E-state index is 6.51. The number of fused-ring (bicyclic) bond motifs is 7. The maximum absolute atomic E-state index is 6.51. The van der Waals surface area contributed by atoms with E-state index in [2.05, 4.69) is 162 Å². The molecule has 11 rings (SSSR count). The molecule has 0 aliphatic carbocycles. The Morgan fingerprint density at radius 3 is 1.61 bits per heavy atom. The molecule has 0 saturated carbocycles. The van der Waals surface area contributed by atoms with E-state index in [0.717, 1.165) is 72.1 Å². The highest BCUT2D eigenvalue weighted by Crippen LogP contribution is 2.42. The zero-order chi connectivity index (χ0) is 37.0. The van der Waals surface area contributed by atoms with Crippen LogP contribution in [0.2, 0.25) is 0 Å².